The molecule has 6 heteroatoms. The molecule has 0 aliphatic carbocycles. The van der Waals surface area contributed by atoms with Gasteiger partial charge in [-0.05, 0) is 40.4 Å². The molecule has 2 saturated heterocycles. The molecule has 22 heavy (non-hydrogen) atoms. The van der Waals surface area contributed by atoms with Gasteiger partial charge in [0.1, 0.15) is 0 Å². The second kappa shape index (κ2) is 7.32. The average molecular weight is 311 g/mol. The Morgan fingerprint density at radius 1 is 1.00 bits per heavy atom. The molecule has 0 unspecified atom stereocenters. The maximum atomic E-state index is 12.0. The molecule has 0 N–H and O–H groups in total. The summed E-state index contributed by atoms with van der Waals surface area (Å²) in [6, 6.07) is 0. The SMILES string of the molecule is CC1(C)OB(CCCCCC(=O)N2CCOCC2)OC1(C)C. The van der Waals surface area contributed by atoms with E-state index in [1.165, 1.54) is 0 Å². The minimum absolute atomic E-state index is 0.111. The molecular weight excluding hydrogens is 281 g/mol. The number of unbranched alkanes of at least 4 members (excludes halogenated alkanes) is 2. The van der Waals surface area contributed by atoms with Crippen molar-refractivity contribution in [2.24, 2.45) is 0 Å². The lowest BCUT2D eigenvalue weighted by molar-refractivity contribution is -0.135. The molecule has 0 saturated carbocycles. The Morgan fingerprint density at radius 3 is 2.18 bits per heavy atom. The van der Waals surface area contributed by atoms with Crippen molar-refractivity contribution in [2.45, 2.75) is 70.9 Å². The van der Waals surface area contributed by atoms with Gasteiger partial charge in [-0.25, -0.2) is 0 Å². The van der Waals surface area contributed by atoms with Gasteiger partial charge in [-0.1, -0.05) is 12.8 Å². The van der Waals surface area contributed by atoms with Crippen LogP contribution in [-0.2, 0) is 18.8 Å². The predicted octanol–water partition coefficient (Wildman–Crippen LogP) is 2.50. The molecule has 0 aromatic rings. The molecule has 2 aliphatic heterocycles. The van der Waals surface area contributed by atoms with Gasteiger partial charge in [0.2, 0.25) is 5.91 Å². The normalized spacial score (nSPS) is 23.8. The van der Waals surface area contributed by atoms with Gasteiger partial charge in [-0.3, -0.25) is 4.79 Å². The first-order valence-corrected chi connectivity index (χ1v) is 8.53. The van der Waals surface area contributed by atoms with Gasteiger partial charge in [-0.15, -0.1) is 0 Å². The van der Waals surface area contributed by atoms with Gasteiger partial charge in [0, 0.05) is 19.5 Å². The zero-order chi connectivity index (χ0) is 16.2. The van der Waals surface area contributed by atoms with Crippen molar-refractivity contribution in [3.63, 3.8) is 0 Å². The number of hydrogen-bond donors (Lipinski definition) is 0. The maximum absolute atomic E-state index is 12.0. The van der Waals surface area contributed by atoms with Crippen molar-refractivity contribution in [1.29, 1.82) is 0 Å². The Kier molecular flexibility index (Phi) is 5.91. The Hall–Kier alpha value is -0.585. The van der Waals surface area contributed by atoms with Crippen molar-refractivity contribution >= 4 is 13.0 Å². The van der Waals surface area contributed by atoms with Crippen molar-refractivity contribution in [1.82, 2.24) is 4.90 Å². The van der Waals surface area contributed by atoms with E-state index in [4.69, 9.17) is 14.0 Å². The van der Waals surface area contributed by atoms with Crippen LogP contribution >= 0.6 is 0 Å². The second-order valence-electron chi connectivity index (χ2n) is 7.28. The summed E-state index contributed by atoms with van der Waals surface area (Å²) in [4.78, 5) is 13.9. The highest BCUT2D eigenvalue weighted by Gasteiger charge is 2.50. The van der Waals surface area contributed by atoms with E-state index in [1.807, 2.05) is 4.90 Å². The first-order valence-electron chi connectivity index (χ1n) is 8.53. The minimum atomic E-state index is -0.246. The summed E-state index contributed by atoms with van der Waals surface area (Å²) in [6.45, 7) is 11.1. The largest absolute Gasteiger partial charge is 0.457 e. The molecule has 126 valence electrons. The molecule has 2 fully saturated rings. The quantitative estimate of drug-likeness (QED) is 0.558. The standard InChI is InChI=1S/C16H30BNO4/c1-15(2)16(3,4)22-17(21-15)9-7-5-6-8-14(19)18-10-12-20-13-11-18/h5-13H2,1-4H3. The molecule has 0 atom stereocenters. The zero-order valence-corrected chi connectivity index (χ0v) is 14.5. The van der Waals surface area contributed by atoms with Gasteiger partial charge >= 0.3 is 7.12 Å². The molecule has 2 aliphatic rings. The lowest BCUT2D eigenvalue weighted by atomic mass is 9.82. The molecule has 1 amide bonds. The molecule has 0 aromatic carbocycles. The van der Waals surface area contributed by atoms with Gasteiger partial charge in [-0.2, -0.15) is 0 Å². The number of hydrogen-bond acceptors (Lipinski definition) is 4. The van der Waals surface area contributed by atoms with Crippen LogP contribution in [-0.4, -0.2) is 55.4 Å². The van der Waals surface area contributed by atoms with Crippen LogP contribution in [0, 0.1) is 0 Å². The van der Waals surface area contributed by atoms with Crippen molar-refractivity contribution in [3.8, 4) is 0 Å². The summed E-state index contributed by atoms with van der Waals surface area (Å²) < 4.78 is 17.2. The average Bonchev–Trinajstić information content (AvgIpc) is 2.67. The zero-order valence-electron chi connectivity index (χ0n) is 14.5. The number of morpholine rings is 1. The van der Waals surface area contributed by atoms with Gasteiger partial charge in [0.05, 0.1) is 24.4 Å². The van der Waals surface area contributed by atoms with Crippen LogP contribution in [0.5, 0.6) is 0 Å². The lowest BCUT2D eigenvalue weighted by Crippen LogP contribution is -2.41. The molecular formula is C16H30BNO4. The van der Waals surface area contributed by atoms with E-state index in [-0.39, 0.29) is 24.2 Å². The predicted molar refractivity (Wildman–Crippen MR) is 86.8 cm³/mol. The summed E-state index contributed by atoms with van der Waals surface area (Å²) in [7, 11) is -0.111. The summed E-state index contributed by atoms with van der Waals surface area (Å²) in [5.74, 6) is 0.263. The highest BCUT2D eigenvalue weighted by atomic mass is 16.7. The molecule has 5 nitrogen and oxygen atoms in total. The number of amides is 1. The van der Waals surface area contributed by atoms with Crippen LogP contribution in [0.25, 0.3) is 0 Å². The molecule has 0 aromatic heterocycles. The van der Waals surface area contributed by atoms with E-state index < -0.39 is 0 Å². The van der Waals surface area contributed by atoms with Crippen molar-refractivity contribution in [3.05, 3.63) is 0 Å². The van der Waals surface area contributed by atoms with Crippen LogP contribution in [0.2, 0.25) is 6.32 Å². The second-order valence-corrected chi connectivity index (χ2v) is 7.28. The number of carbonyl (C=O) groups excluding carboxylic acids is 1. The number of ether oxygens (including phenoxy) is 1. The van der Waals surface area contributed by atoms with Gasteiger partial charge < -0.3 is 18.9 Å². The monoisotopic (exact) mass is 311 g/mol. The Labute approximate surface area is 134 Å². The Balaban J connectivity index is 1.57. The highest BCUT2D eigenvalue weighted by molar-refractivity contribution is 6.45. The third kappa shape index (κ3) is 4.46. The van der Waals surface area contributed by atoms with E-state index in [9.17, 15) is 4.79 Å². The van der Waals surface area contributed by atoms with E-state index in [0.29, 0.717) is 19.6 Å². The first kappa shape index (κ1) is 17.8. The van der Waals surface area contributed by atoms with Crippen LogP contribution in [0.15, 0.2) is 0 Å². The molecule has 2 rings (SSSR count). The fourth-order valence-corrected chi connectivity index (χ4v) is 2.82. The van der Waals surface area contributed by atoms with E-state index in [0.717, 1.165) is 38.7 Å². The fourth-order valence-electron chi connectivity index (χ4n) is 2.82. The van der Waals surface area contributed by atoms with Crippen LogP contribution in [0.4, 0.5) is 0 Å². The summed E-state index contributed by atoms with van der Waals surface area (Å²) in [5.41, 5.74) is -0.492. The van der Waals surface area contributed by atoms with Gasteiger partial charge in [0.25, 0.3) is 0 Å². The van der Waals surface area contributed by atoms with E-state index >= 15 is 0 Å². The number of nitrogens with zero attached hydrogens (tertiary/aromatic N) is 1. The third-order valence-electron chi connectivity index (χ3n) is 5.00. The maximum Gasteiger partial charge on any atom is 0.457 e. The summed E-state index contributed by atoms with van der Waals surface area (Å²) in [5, 5.41) is 0. The number of rotatable bonds is 6. The fraction of sp³-hybridized carbons (Fsp3) is 0.938. The molecule has 2 heterocycles. The Bertz CT molecular complexity index is 364. The summed E-state index contributed by atoms with van der Waals surface area (Å²) in [6.07, 6.45) is 4.56. The van der Waals surface area contributed by atoms with E-state index in [2.05, 4.69) is 27.7 Å². The molecule has 0 radical (unpaired) electrons. The lowest BCUT2D eigenvalue weighted by Gasteiger charge is -2.32. The topological polar surface area (TPSA) is 48.0 Å². The molecule has 0 bridgehead atoms. The molecule has 0 spiro atoms. The van der Waals surface area contributed by atoms with Crippen LogP contribution in [0.1, 0.15) is 53.4 Å². The van der Waals surface area contributed by atoms with Crippen molar-refractivity contribution < 1.29 is 18.8 Å². The Morgan fingerprint density at radius 2 is 1.59 bits per heavy atom. The van der Waals surface area contributed by atoms with Gasteiger partial charge in [0.15, 0.2) is 0 Å². The summed E-state index contributed by atoms with van der Waals surface area (Å²) >= 11 is 0. The first-order chi connectivity index (χ1) is 10.3. The number of carbonyl (C=O) groups is 1. The smallest absolute Gasteiger partial charge is 0.403 e. The minimum Gasteiger partial charge on any atom is -0.403 e. The van der Waals surface area contributed by atoms with E-state index in [1.54, 1.807) is 0 Å². The van der Waals surface area contributed by atoms with Crippen LogP contribution < -0.4 is 0 Å². The van der Waals surface area contributed by atoms with Crippen molar-refractivity contribution in [2.75, 3.05) is 26.3 Å². The highest BCUT2D eigenvalue weighted by Crippen LogP contribution is 2.38. The third-order valence-corrected chi connectivity index (χ3v) is 5.00. The van der Waals surface area contributed by atoms with Crippen LogP contribution in [0.3, 0.4) is 0 Å².